The Morgan fingerprint density at radius 1 is 1.19 bits per heavy atom. The van der Waals surface area contributed by atoms with Gasteiger partial charge < -0.3 is 14.9 Å². The van der Waals surface area contributed by atoms with Gasteiger partial charge in [0, 0.05) is 42.1 Å². The van der Waals surface area contributed by atoms with Crippen LogP contribution >= 0.6 is 0 Å². The largest absolute Gasteiger partial charge is 0.360 e. The van der Waals surface area contributed by atoms with E-state index in [2.05, 4.69) is 22.4 Å². The van der Waals surface area contributed by atoms with Crippen molar-refractivity contribution in [2.75, 3.05) is 7.05 Å². The van der Waals surface area contributed by atoms with Gasteiger partial charge in [-0.3, -0.25) is 4.79 Å². The highest BCUT2D eigenvalue weighted by atomic mass is 16.1. The average Bonchev–Trinajstić information content (AvgIpc) is 3.36. The SMILES string of the molecule is CCc1nc(-c2c[nH]c3ccccc23)c(-n2cccc2)c(C)c1C(=O)NC. The second-order valence-electron chi connectivity index (χ2n) is 6.53. The Balaban J connectivity index is 2.10. The third-order valence-electron chi connectivity index (χ3n) is 4.99. The summed E-state index contributed by atoms with van der Waals surface area (Å²) in [5, 5.41) is 3.88. The van der Waals surface area contributed by atoms with Crippen LogP contribution in [0.4, 0.5) is 0 Å². The number of benzene rings is 1. The molecule has 5 nitrogen and oxygen atoms in total. The van der Waals surface area contributed by atoms with Crippen molar-refractivity contribution < 1.29 is 4.79 Å². The summed E-state index contributed by atoms with van der Waals surface area (Å²) in [5.41, 5.74) is 6.31. The first-order valence-corrected chi connectivity index (χ1v) is 9.11. The van der Waals surface area contributed by atoms with E-state index in [4.69, 9.17) is 4.98 Å². The fourth-order valence-electron chi connectivity index (χ4n) is 3.69. The zero-order valence-electron chi connectivity index (χ0n) is 15.7. The van der Waals surface area contributed by atoms with Crippen molar-refractivity contribution in [1.29, 1.82) is 0 Å². The van der Waals surface area contributed by atoms with Gasteiger partial charge in [-0.25, -0.2) is 4.98 Å². The number of aryl methyl sites for hydroxylation is 1. The van der Waals surface area contributed by atoms with E-state index in [9.17, 15) is 4.79 Å². The molecule has 0 aliphatic heterocycles. The van der Waals surface area contributed by atoms with Crippen LogP contribution < -0.4 is 5.32 Å². The van der Waals surface area contributed by atoms with Gasteiger partial charge in [0.05, 0.1) is 22.6 Å². The molecule has 0 fully saturated rings. The highest BCUT2D eigenvalue weighted by Gasteiger charge is 2.23. The van der Waals surface area contributed by atoms with Gasteiger partial charge in [0.25, 0.3) is 5.91 Å². The maximum atomic E-state index is 12.6. The highest BCUT2D eigenvalue weighted by Crippen LogP contribution is 2.35. The molecule has 4 aromatic rings. The zero-order chi connectivity index (χ0) is 19.0. The van der Waals surface area contributed by atoms with Crippen molar-refractivity contribution in [3.05, 3.63) is 71.8 Å². The van der Waals surface area contributed by atoms with E-state index >= 15 is 0 Å². The highest BCUT2D eigenvalue weighted by molar-refractivity contribution is 6.01. The molecule has 0 aliphatic rings. The van der Waals surface area contributed by atoms with Crippen LogP contribution in [0.3, 0.4) is 0 Å². The number of aromatic amines is 1. The molecule has 1 amide bonds. The summed E-state index contributed by atoms with van der Waals surface area (Å²) in [6, 6.07) is 12.1. The topological polar surface area (TPSA) is 62.7 Å². The van der Waals surface area contributed by atoms with E-state index in [1.807, 2.05) is 61.3 Å². The van der Waals surface area contributed by atoms with Crippen LogP contribution in [-0.2, 0) is 6.42 Å². The Morgan fingerprint density at radius 3 is 2.63 bits per heavy atom. The molecule has 0 radical (unpaired) electrons. The molecule has 4 rings (SSSR count). The summed E-state index contributed by atoms with van der Waals surface area (Å²) >= 11 is 0. The molecular formula is C22H22N4O. The molecule has 0 bridgehead atoms. The molecule has 5 heteroatoms. The number of H-pyrrole nitrogens is 1. The molecule has 0 unspecified atom stereocenters. The van der Waals surface area contributed by atoms with Crippen LogP contribution in [0.5, 0.6) is 0 Å². The van der Waals surface area contributed by atoms with Crippen molar-refractivity contribution in [2.24, 2.45) is 0 Å². The quantitative estimate of drug-likeness (QED) is 0.573. The van der Waals surface area contributed by atoms with Crippen LogP contribution in [0.1, 0.15) is 28.5 Å². The Hall–Kier alpha value is -3.34. The monoisotopic (exact) mass is 358 g/mol. The molecule has 0 saturated carbocycles. The number of hydrogen-bond donors (Lipinski definition) is 2. The van der Waals surface area contributed by atoms with Gasteiger partial charge in [0.2, 0.25) is 0 Å². The van der Waals surface area contributed by atoms with Crippen LogP contribution in [0.15, 0.2) is 55.0 Å². The third-order valence-corrected chi connectivity index (χ3v) is 4.99. The Bertz CT molecular complexity index is 1120. The van der Waals surface area contributed by atoms with Gasteiger partial charge in [0.15, 0.2) is 0 Å². The lowest BCUT2D eigenvalue weighted by Gasteiger charge is -2.19. The molecule has 2 N–H and O–H groups in total. The number of fused-ring (bicyclic) bond motifs is 1. The number of carbonyl (C=O) groups excluding carboxylic acids is 1. The molecular weight excluding hydrogens is 336 g/mol. The molecule has 0 atom stereocenters. The molecule has 136 valence electrons. The predicted octanol–water partition coefficient (Wildman–Crippen LogP) is 4.25. The van der Waals surface area contributed by atoms with Gasteiger partial charge in [-0.15, -0.1) is 0 Å². The zero-order valence-corrected chi connectivity index (χ0v) is 15.7. The van der Waals surface area contributed by atoms with Crippen LogP contribution in [-0.4, -0.2) is 27.5 Å². The minimum atomic E-state index is -0.101. The van der Waals surface area contributed by atoms with Crippen molar-refractivity contribution in [3.63, 3.8) is 0 Å². The number of para-hydroxylation sites is 1. The normalized spacial score (nSPS) is 11.1. The maximum Gasteiger partial charge on any atom is 0.253 e. The first kappa shape index (κ1) is 17.1. The molecule has 3 aromatic heterocycles. The second-order valence-corrected chi connectivity index (χ2v) is 6.53. The van der Waals surface area contributed by atoms with Gasteiger partial charge in [-0.1, -0.05) is 25.1 Å². The Labute approximate surface area is 158 Å². The van der Waals surface area contributed by atoms with E-state index < -0.39 is 0 Å². The summed E-state index contributed by atoms with van der Waals surface area (Å²) in [6.07, 6.45) is 6.66. The minimum Gasteiger partial charge on any atom is -0.360 e. The van der Waals surface area contributed by atoms with E-state index in [1.54, 1.807) is 7.05 Å². The number of carbonyl (C=O) groups is 1. The van der Waals surface area contributed by atoms with E-state index in [1.165, 1.54) is 0 Å². The van der Waals surface area contributed by atoms with Crippen molar-refractivity contribution >= 4 is 16.8 Å². The van der Waals surface area contributed by atoms with Gasteiger partial charge >= 0.3 is 0 Å². The summed E-state index contributed by atoms with van der Waals surface area (Å²) in [4.78, 5) is 20.9. The molecule has 1 aromatic carbocycles. The van der Waals surface area contributed by atoms with Crippen molar-refractivity contribution in [2.45, 2.75) is 20.3 Å². The molecule has 0 aliphatic carbocycles. The van der Waals surface area contributed by atoms with E-state index in [0.717, 1.165) is 39.1 Å². The number of nitrogens with zero attached hydrogens (tertiary/aromatic N) is 2. The van der Waals surface area contributed by atoms with Crippen LogP contribution in [0.2, 0.25) is 0 Å². The summed E-state index contributed by atoms with van der Waals surface area (Å²) in [6.45, 7) is 4.03. The van der Waals surface area contributed by atoms with Gasteiger partial charge in [-0.2, -0.15) is 0 Å². The summed E-state index contributed by atoms with van der Waals surface area (Å²) in [7, 11) is 1.66. The second kappa shape index (κ2) is 6.76. The Morgan fingerprint density at radius 2 is 1.93 bits per heavy atom. The molecule has 27 heavy (non-hydrogen) atoms. The number of amides is 1. The number of hydrogen-bond acceptors (Lipinski definition) is 2. The molecule has 0 spiro atoms. The fraction of sp³-hybridized carbons (Fsp3) is 0.182. The standard InChI is InChI=1S/C22H22N4O/c1-4-17-19(22(27)23-3)14(2)21(26-11-7-8-12-26)20(25-17)16-13-24-18-10-6-5-9-15(16)18/h5-13,24H,4H2,1-3H3,(H,23,27). The van der Waals surface area contributed by atoms with E-state index in [0.29, 0.717) is 12.0 Å². The van der Waals surface area contributed by atoms with Gasteiger partial charge in [0.1, 0.15) is 0 Å². The average molecular weight is 358 g/mol. The van der Waals surface area contributed by atoms with Crippen molar-refractivity contribution in [1.82, 2.24) is 19.9 Å². The predicted molar refractivity (Wildman–Crippen MR) is 108 cm³/mol. The number of rotatable bonds is 4. The minimum absolute atomic E-state index is 0.101. The first-order chi connectivity index (χ1) is 13.2. The van der Waals surface area contributed by atoms with E-state index in [-0.39, 0.29) is 5.91 Å². The number of pyridine rings is 1. The molecule has 0 saturated heterocycles. The lowest BCUT2D eigenvalue weighted by molar-refractivity contribution is 0.0961. The smallest absolute Gasteiger partial charge is 0.253 e. The first-order valence-electron chi connectivity index (χ1n) is 9.11. The Kier molecular flexibility index (Phi) is 4.28. The maximum absolute atomic E-state index is 12.6. The fourth-order valence-corrected chi connectivity index (χ4v) is 3.69. The molecule has 3 heterocycles. The van der Waals surface area contributed by atoms with Crippen LogP contribution in [0, 0.1) is 6.92 Å². The van der Waals surface area contributed by atoms with Crippen molar-refractivity contribution in [3.8, 4) is 16.9 Å². The number of nitrogens with one attached hydrogen (secondary N) is 2. The summed E-state index contributed by atoms with van der Waals surface area (Å²) < 4.78 is 2.03. The lowest BCUT2D eigenvalue weighted by Crippen LogP contribution is -2.23. The number of aromatic nitrogens is 3. The van der Waals surface area contributed by atoms with Crippen LogP contribution in [0.25, 0.3) is 27.8 Å². The summed E-state index contributed by atoms with van der Waals surface area (Å²) in [5.74, 6) is -0.101. The third kappa shape index (κ3) is 2.72. The lowest BCUT2D eigenvalue weighted by atomic mass is 9.98. The van der Waals surface area contributed by atoms with Gasteiger partial charge in [-0.05, 0) is 37.1 Å².